The van der Waals surface area contributed by atoms with Crippen LogP contribution in [0.3, 0.4) is 0 Å². The highest BCUT2D eigenvalue weighted by Gasteiger charge is 2.07. The molecule has 0 spiro atoms. The highest BCUT2D eigenvalue weighted by molar-refractivity contribution is 7.85. The summed E-state index contributed by atoms with van der Waals surface area (Å²) < 4.78 is 11.0. The van der Waals surface area contributed by atoms with Crippen LogP contribution < -0.4 is 0 Å². The zero-order valence-electron chi connectivity index (χ0n) is 7.58. The van der Waals surface area contributed by atoms with E-state index in [0.717, 1.165) is 12.8 Å². The lowest BCUT2D eigenvalue weighted by Crippen LogP contribution is -2.13. The number of carboxylic acids is 1. The van der Waals surface area contributed by atoms with Gasteiger partial charge in [-0.1, -0.05) is 20.3 Å². The summed E-state index contributed by atoms with van der Waals surface area (Å²) >= 11 is 0. The van der Waals surface area contributed by atoms with Crippen LogP contribution in [-0.2, 0) is 15.6 Å². The van der Waals surface area contributed by atoms with E-state index < -0.39 is 16.8 Å². The van der Waals surface area contributed by atoms with E-state index in [1.165, 1.54) is 0 Å². The fourth-order valence-corrected chi connectivity index (χ4v) is 1.83. The first-order chi connectivity index (χ1) is 5.56. The largest absolute Gasteiger partial charge is 0.481 e. The molecule has 1 N–H and O–H groups in total. The van der Waals surface area contributed by atoms with Gasteiger partial charge in [-0.25, -0.2) is 0 Å². The summed E-state index contributed by atoms with van der Waals surface area (Å²) in [5.74, 6) is -0.127. The van der Waals surface area contributed by atoms with Crippen LogP contribution in [0.1, 0.15) is 26.7 Å². The lowest BCUT2D eigenvalue weighted by molar-refractivity contribution is -0.133. The molecule has 0 saturated heterocycles. The van der Waals surface area contributed by atoms with Gasteiger partial charge in [0, 0.05) is 16.6 Å². The lowest BCUT2D eigenvalue weighted by atomic mass is 10.1. The Hall–Kier alpha value is -0.380. The van der Waals surface area contributed by atoms with E-state index in [1.54, 1.807) is 0 Å². The molecule has 0 aromatic rings. The average molecular weight is 192 g/mol. The second-order valence-electron chi connectivity index (χ2n) is 2.98. The van der Waals surface area contributed by atoms with Gasteiger partial charge in [0.05, 0.1) is 0 Å². The second kappa shape index (κ2) is 6.17. The summed E-state index contributed by atoms with van der Waals surface area (Å²) in [6, 6.07) is 0. The van der Waals surface area contributed by atoms with Crippen molar-refractivity contribution in [3.8, 4) is 0 Å². The number of aliphatic carboxylic acids is 1. The van der Waals surface area contributed by atoms with Crippen molar-refractivity contribution in [1.82, 2.24) is 0 Å². The van der Waals surface area contributed by atoms with Crippen LogP contribution in [0.15, 0.2) is 0 Å². The minimum absolute atomic E-state index is 0.212. The van der Waals surface area contributed by atoms with Crippen molar-refractivity contribution < 1.29 is 14.1 Å². The van der Waals surface area contributed by atoms with E-state index in [-0.39, 0.29) is 5.75 Å². The Balaban J connectivity index is 3.50. The molecule has 0 aliphatic heterocycles. The van der Waals surface area contributed by atoms with Crippen LogP contribution in [0.4, 0.5) is 0 Å². The molecule has 0 bridgehead atoms. The van der Waals surface area contributed by atoms with E-state index >= 15 is 0 Å². The van der Waals surface area contributed by atoms with Gasteiger partial charge in [-0.05, 0) is 12.3 Å². The molecule has 0 aliphatic carbocycles. The first kappa shape index (κ1) is 11.6. The van der Waals surface area contributed by atoms with E-state index in [0.29, 0.717) is 11.7 Å². The van der Waals surface area contributed by atoms with Crippen molar-refractivity contribution in [1.29, 1.82) is 0 Å². The molecule has 0 heterocycles. The maximum absolute atomic E-state index is 11.0. The van der Waals surface area contributed by atoms with Crippen LogP contribution in [0.25, 0.3) is 0 Å². The molecule has 4 heteroatoms. The molecule has 2 unspecified atom stereocenters. The molecule has 0 aromatic carbocycles. The SMILES string of the molecule is CCC(C)CCS(=O)CC(=O)O. The van der Waals surface area contributed by atoms with Gasteiger partial charge in [0.2, 0.25) is 0 Å². The summed E-state index contributed by atoms with van der Waals surface area (Å²) in [7, 11) is -1.17. The van der Waals surface area contributed by atoms with Gasteiger partial charge in [0.25, 0.3) is 0 Å². The summed E-state index contributed by atoms with van der Waals surface area (Å²) in [4.78, 5) is 10.1. The molecule has 0 fully saturated rings. The van der Waals surface area contributed by atoms with Crippen LogP contribution in [0.5, 0.6) is 0 Å². The summed E-state index contributed by atoms with van der Waals surface area (Å²) in [6.07, 6.45) is 1.92. The molecule has 72 valence electrons. The van der Waals surface area contributed by atoms with Crippen LogP contribution in [0, 0.1) is 5.92 Å². The van der Waals surface area contributed by atoms with Crippen molar-refractivity contribution in [2.45, 2.75) is 26.7 Å². The third-order valence-corrected chi connectivity index (χ3v) is 3.08. The first-order valence-electron chi connectivity index (χ1n) is 4.13. The third kappa shape index (κ3) is 6.34. The molecule has 12 heavy (non-hydrogen) atoms. The number of carbonyl (C=O) groups is 1. The second-order valence-corrected chi connectivity index (χ2v) is 4.56. The molecule has 0 radical (unpaired) electrons. The predicted molar refractivity (Wildman–Crippen MR) is 49.6 cm³/mol. The van der Waals surface area contributed by atoms with Crippen molar-refractivity contribution in [2.24, 2.45) is 5.92 Å². The third-order valence-electron chi connectivity index (χ3n) is 1.82. The highest BCUT2D eigenvalue weighted by Crippen LogP contribution is 2.06. The predicted octanol–water partition coefficient (Wildman–Crippen LogP) is 1.26. The molecule has 3 nitrogen and oxygen atoms in total. The van der Waals surface area contributed by atoms with E-state index in [9.17, 15) is 9.00 Å². The summed E-state index contributed by atoms with van der Waals surface area (Å²) in [5, 5.41) is 8.31. The van der Waals surface area contributed by atoms with Crippen LogP contribution >= 0.6 is 0 Å². The van der Waals surface area contributed by atoms with Gasteiger partial charge in [0.1, 0.15) is 5.75 Å². The Labute approximate surface area is 75.6 Å². The number of rotatable bonds is 6. The molecule has 0 aliphatic rings. The van der Waals surface area contributed by atoms with Gasteiger partial charge in [-0.2, -0.15) is 0 Å². The number of hydrogen-bond acceptors (Lipinski definition) is 2. The maximum atomic E-state index is 11.0. The molecular weight excluding hydrogens is 176 g/mol. The van der Waals surface area contributed by atoms with Crippen molar-refractivity contribution >= 4 is 16.8 Å². The van der Waals surface area contributed by atoms with Gasteiger partial charge in [-0.3, -0.25) is 9.00 Å². The summed E-state index contributed by atoms with van der Waals surface area (Å²) in [5.41, 5.74) is 0. The minimum Gasteiger partial charge on any atom is -0.481 e. The van der Waals surface area contributed by atoms with Crippen molar-refractivity contribution in [3.05, 3.63) is 0 Å². The number of hydrogen-bond donors (Lipinski definition) is 1. The van der Waals surface area contributed by atoms with Crippen molar-refractivity contribution in [3.63, 3.8) is 0 Å². The molecule has 0 aromatic heterocycles. The van der Waals surface area contributed by atoms with Crippen molar-refractivity contribution in [2.75, 3.05) is 11.5 Å². The fourth-order valence-electron chi connectivity index (χ4n) is 0.747. The quantitative estimate of drug-likeness (QED) is 0.689. The monoisotopic (exact) mass is 192 g/mol. The summed E-state index contributed by atoms with van der Waals surface area (Å²) in [6.45, 7) is 4.16. The van der Waals surface area contributed by atoms with E-state index in [4.69, 9.17) is 5.11 Å². The Bertz CT molecular complexity index is 168. The minimum atomic E-state index is -1.17. The smallest absolute Gasteiger partial charge is 0.316 e. The van der Waals surface area contributed by atoms with Gasteiger partial charge < -0.3 is 5.11 Å². The molecule has 2 atom stereocenters. The zero-order chi connectivity index (χ0) is 9.56. The Morgan fingerprint density at radius 1 is 1.58 bits per heavy atom. The number of carboxylic acid groups (broad SMARTS) is 1. The van der Waals surface area contributed by atoms with E-state index in [1.807, 2.05) is 0 Å². The lowest BCUT2D eigenvalue weighted by Gasteiger charge is -2.05. The normalized spacial score (nSPS) is 15.5. The first-order valence-corrected chi connectivity index (χ1v) is 5.61. The van der Waals surface area contributed by atoms with Crippen LogP contribution in [0.2, 0.25) is 0 Å². The van der Waals surface area contributed by atoms with Gasteiger partial charge in [-0.15, -0.1) is 0 Å². The van der Waals surface area contributed by atoms with Crippen LogP contribution in [-0.4, -0.2) is 26.8 Å². The standard InChI is InChI=1S/C8H16O3S/c1-3-7(2)4-5-12(11)6-8(9)10/h7H,3-6H2,1-2H3,(H,9,10). The average Bonchev–Trinajstić information content (AvgIpc) is 1.99. The Morgan fingerprint density at radius 2 is 2.17 bits per heavy atom. The Morgan fingerprint density at radius 3 is 2.58 bits per heavy atom. The topological polar surface area (TPSA) is 54.4 Å². The molecular formula is C8H16O3S. The maximum Gasteiger partial charge on any atom is 0.316 e. The Kier molecular flexibility index (Phi) is 5.98. The fraction of sp³-hybridized carbons (Fsp3) is 0.875. The highest BCUT2D eigenvalue weighted by atomic mass is 32.2. The molecule has 0 rings (SSSR count). The molecule has 0 amide bonds. The molecule has 0 saturated carbocycles. The van der Waals surface area contributed by atoms with E-state index in [2.05, 4.69) is 13.8 Å². The zero-order valence-corrected chi connectivity index (χ0v) is 8.39. The van der Waals surface area contributed by atoms with Gasteiger partial charge in [0.15, 0.2) is 0 Å². The van der Waals surface area contributed by atoms with Gasteiger partial charge >= 0.3 is 5.97 Å².